The molecular formula is C16H11NO4. The van der Waals surface area contributed by atoms with Crippen molar-refractivity contribution >= 4 is 17.0 Å². The summed E-state index contributed by atoms with van der Waals surface area (Å²) in [6, 6.07) is 8.31. The van der Waals surface area contributed by atoms with E-state index in [0.29, 0.717) is 0 Å². The molecule has 0 fully saturated rings. The molecule has 0 saturated heterocycles. The topological polar surface area (TPSA) is 87.0 Å². The minimum absolute atomic E-state index is 0.824. The van der Waals surface area contributed by atoms with Gasteiger partial charge in [-0.25, -0.2) is 0 Å². The van der Waals surface area contributed by atoms with E-state index in [1.165, 1.54) is 16.8 Å². The van der Waals surface area contributed by atoms with E-state index < -0.39 is 22.4 Å². The van der Waals surface area contributed by atoms with E-state index in [0.717, 1.165) is 12.1 Å². The molecule has 5 nitrogen and oxygen atoms in total. The van der Waals surface area contributed by atoms with Crippen LogP contribution in [0.15, 0.2) is 57.1 Å². The zero-order valence-electron chi connectivity index (χ0n) is 10.9. The summed E-state index contributed by atoms with van der Waals surface area (Å²) in [4.78, 5) is 24.5. The Bertz CT molecular complexity index is 850. The summed E-state index contributed by atoms with van der Waals surface area (Å²) in [5.74, 6) is -1.65. The first-order chi connectivity index (χ1) is 10.1. The fraction of sp³-hybridized carbons (Fsp3) is 0.0625. The van der Waals surface area contributed by atoms with E-state index in [2.05, 4.69) is 41.4 Å². The number of para-hydroxylation sites is 1. The Balaban J connectivity index is 0.000000143. The molecule has 2 aromatic rings. The van der Waals surface area contributed by atoms with Crippen molar-refractivity contribution in [3.8, 4) is 11.5 Å². The largest absolute Gasteiger partial charge is 0.501 e. The molecule has 0 aromatic heterocycles. The van der Waals surface area contributed by atoms with Crippen LogP contribution < -0.4 is 10.9 Å². The number of hydrogen-bond acceptors (Lipinski definition) is 5. The molecule has 2 aromatic carbocycles. The molecule has 1 aliphatic heterocycles. The van der Waals surface area contributed by atoms with Crippen LogP contribution in [0, 0.1) is 0 Å². The number of aliphatic imine (C=N–C) groups is 1. The maximum absolute atomic E-state index is 9.95. The number of benzene rings is 1. The third-order valence-corrected chi connectivity index (χ3v) is 3.33. The molecule has 2 N–H and O–H groups in total. The molecule has 0 saturated carbocycles. The summed E-state index contributed by atoms with van der Waals surface area (Å²) in [6.45, 7) is 0. The smallest absolute Gasteiger partial charge is 0.275 e. The Morgan fingerprint density at radius 3 is 2.33 bits per heavy atom. The highest BCUT2D eigenvalue weighted by molar-refractivity contribution is 6.30. The lowest BCUT2D eigenvalue weighted by molar-refractivity contribution is 0.384. The first-order valence-electron chi connectivity index (χ1n) is 6.35. The van der Waals surface area contributed by atoms with Gasteiger partial charge >= 0.3 is 0 Å². The standard InChI is InChI=1S/C12H9N.C4H2O4/c1-3-7-11-9(5-1)10-6-2-4-8-12(10)13-11;5-1-2(6)4(8)3(1)7/h1-7H,8H2;5-6H. The fourth-order valence-corrected chi connectivity index (χ4v) is 2.21. The predicted molar refractivity (Wildman–Crippen MR) is 80.0 cm³/mol. The Labute approximate surface area is 119 Å². The molecule has 5 heteroatoms. The zero-order valence-corrected chi connectivity index (χ0v) is 10.9. The van der Waals surface area contributed by atoms with Crippen molar-refractivity contribution in [1.29, 1.82) is 0 Å². The average molecular weight is 281 g/mol. The second kappa shape index (κ2) is 4.86. The molecule has 4 rings (SSSR count). The van der Waals surface area contributed by atoms with Gasteiger partial charge in [-0.3, -0.25) is 14.6 Å². The van der Waals surface area contributed by atoms with E-state index in [4.69, 9.17) is 10.2 Å². The van der Waals surface area contributed by atoms with Gasteiger partial charge in [0.1, 0.15) is 0 Å². The summed E-state index contributed by atoms with van der Waals surface area (Å²) < 4.78 is 0. The molecule has 0 atom stereocenters. The minimum atomic E-state index is -1.01. The molecule has 0 spiro atoms. The summed E-state index contributed by atoms with van der Waals surface area (Å²) in [5.41, 5.74) is 2.89. The van der Waals surface area contributed by atoms with Crippen molar-refractivity contribution in [2.75, 3.05) is 0 Å². The van der Waals surface area contributed by atoms with E-state index >= 15 is 0 Å². The van der Waals surface area contributed by atoms with Crippen molar-refractivity contribution in [2.45, 2.75) is 6.42 Å². The minimum Gasteiger partial charge on any atom is -0.501 e. The lowest BCUT2D eigenvalue weighted by Crippen LogP contribution is -2.28. The number of hydrogen-bond donors (Lipinski definition) is 2. The lowest BCUT2D eigenvalue weighted by Gasteiger charge is -2.04. The Hall–Kier alpha value is -2.95. The van der Waals surface area contributed by atoms with Crippen LogP contribution in [0.25, 0.3) is 5.57 Å². The molecule has 0 radical (unpaired) electrons. The number of allylic oxidation sites excluding steroid dienone is 4. The van der Waals surface area contributed by atoms with Crippen LogP contribution in [0.3, 0.4) is 0 Å². The van der Waals surface area contributed by atoms with E-state index in [-0.39, 0.29) is 0 Å². The highest BCUT2D eigenvalue weighted by Crippen LogP contribution is 2.36. The number of nitrogens with zero attached hydrogens (tertiary/aromatic N) is 1. The van der Waals surface area contributed by atoms with Gasteiger partial charge in [0.05, 0.1) is 11.4 Å². The van der Waals surface area contributed by atoms with Crippen LogP contribution in [0.5, 0.6) is 11.5 Å². The van der Waals surface area contributed by atoms with Gasteiger partial charge in [-0.2, -0.15) is 0 Å². The van der Waals surface area contributed by atoms with Crippen molar-refractivity contribution in [1.82, 2.24) is 0 Å². The van der Waals surface area contributed by atoms with Crippen LogP contribution in [0.1, 0.15) is 12.0 Å². The molecule has 0 bridgehead atoms. The predicted octanol–water partition coefficient (Wildman–Crippen LogP) is 1.81. The van der Waals surface area contributed by atoms with Gasteiger partial charge in [-0.15, -0.1) is 0 Å². The van der Waals surface area contributed by atoms with Gasteiger partial charge in [0.25, 0.3) is 10.9 Å². The number of fused-ring (bicyclic) bond motifs is 3. The lowest BCUT2D eigenvalue weighted by atomic mass is 9.98. The Kier molecular flexibility index (Phi) is 3.02. The fourth-order valence-electron chi connectivity index (χ4n) is 2.21. The van der Waals surface area contributed by atoms with E-state index in [9.17, 15) is 9.59 Å². The third kappa shape index (κ3) is 2.08. The van der Waals surface area contributed by atoms with Crippen molar-refractivity contribution in [3.63, 3.8) is 0 Å². The average Bonchev–Trinajstić information content (AvgIpc) is 2.92. The Morgan fingerprint density at radius 2 is 1.67 bits per heavy atom. The summed E-state index contributed by atoms with van der Waals surface area (Å²) in [7, 11) is 0. The monoisotopic (exact) mass is 281 g/mol. The first kappa shape index (κ1) is 13.1. The van der Waals surface area contributed by atoms with E-state index in [1.54, 1.807) is 0 Å². The van der Waals surface area contributed by atoms with Crippen LogP contribution in [0.4, 0.5) is 5.69 Å². The second-order valence-corrected chi connectivity index (χ2v) is 4.64. The van der Waals surface area contributed by atoms with Crippen LogP contribution in [0.2, 0.25) is 0 Å². The normalized spacial score (nSPS) is 14.7. The van der Waals surface area contributed by atoms with Gasteiger partial charge in [0.15, 0.2) is 0 Å². The summed E-state index contributed by atoms with van der Waals surface area (Å²) in [6.07, 6.45) is 7.37. The van der Waals surface area contributed by atoms with Gasteiger partial charge in [-0.1, -0.05) is 36.4 Å². The van der Waals surface area contributed by atoms with E-state index in [1.807, 2.05) is 6.07 Å². The molecule has 1 heterocycles. The van der Waals surface area contributed by atoms with Crippen LogP contribution in [-0.2, 0) is 0 Å². The summed E-state index contributed by atoms with van der Waals surface area (Å²) >= 11 is 0. The van der Waals surface area contributed by atoms with Crippen molar-refractivity contribution in [3.05, 3.63) is 68.5 Å². The van der Waals surface area contributed by atoms with Crippen molar-refractivity contribution in [2.24, 2.45) is 4.99 Å². The van der Waals surface area contributed by atoms with Crippen molar-refractivity contribution < 1.29 is 10.2 Å². The quantitative estimate of drug-likeness (QED) is 0.721. The molecule has 21 heavy (non-hydrogen) atoms. The Morgan fingerprint density at radius 1 is 1.00 bits per heavy atom. The van der Waals surface area contributed by atoms with Gasteiger partial charge < -0.3 is 10.2 Å². The molecule has 1 aliphatic carbocycles. The zero-order chi connectivity index (χ0) is 15.0. The van der Waals surface area contributed by atoms with Crippen LogP contribution in [-0.4, -0.2) is 15.9 Å². The summed E-state index contributed by atoms with van der Waals surface area (Å²) in [5, 5.41) is 16.4. The highest BCUT2D eigenvalue weighted by Gasteiger charge is 2.19. The molecule has 2 aliphatic rings. The van der Waals surface area contributed by atoms with Crippen LogP contribution >= 0.6 is 0 Å². The highest BCUT2D eigenvalue weighted by atomic mass is 16.3. The maximum atomic E-state index is 9.95. The SMILES string of the molecule is C1=CCC2=Nc3ccccc3C2=C1.O=c1c(O)c(O)c1=O. The first-order valence-corrected chi connectivity index (χ1v) is 6.35. The van der Waals surface area contributed by atoms with Gasteiger partial charge in [0.2, 0.25) is 11.5 Å². The molecule has 104 valence electrons. The molecular weight excluding hydrogens is 270 g/mol. The number of rotatable bonds is 0. The third-order valence-electron chi connectivity index (χ3n) is 3.33. The van der Waals surface area contributed by atoms with Gasteiger partial charge in [0, 0.05) is 17.6 Å². The molecule has 0 unspecified atom stereocenters. The number of aromatic hydroxyl groups is 2. The molecule has 0 amide bonds. The maximum Gasteiger partial charge on any atom is 0.275 e. The second-order valence-electron chi connectivity index (χ2n) is 4.64. The van der Waals surface area contributed by atoms with Gasteiger partial charge in [-0.05, 0) is 6.07 Å².